The number of halogens is 1. The molecule has 0 aliphatic rings. The fourth-order valence-corrected chi connectivity index (χ4v) is 2.38. The van der Waals surface area contributed by atoms with Gasteiger partial charge in [-0.1, -0.05) is 25.1 Å². The highest BCUT2D eigenvalue weighted by atomic mass is 19.1. The molecule has 0 bridgehead atoms. The highest BCUT2D eigenvalue weighted by Crippen LogP contribution is 2.22. The highest BCUT2D eigenvalue weighted by molar-refractivity contribution is 5.21. The topological polar surface area (TPSA) is 29.9 Å². The van der Waals surface area contributed by atoms with Crippen molar-refractivity contribution in [2.24, 2.45) is 7.05 Å². The number of rotatable bonds is 7. The Morgan fingerprint density at radius 1 is 1.30 bits per heavy atom. The Balaban J connectivity index is 2.08. The molecule has 2 rings (SSSR count). The molecule has 1 aromatic carbocycles. The van der Waals surface area contributed by atoms with Gasteiger partial charge in [-0.05, 0) is 37.9 Å². The molecule has 1 heterocycles. The van der Waals surface area contributed by atoms with Crippen LogP contribution in [0.25, 0.3) is 0 Å². The normalized spacial score (nSPS) is 12.6. The van der Waals surface area contributed by atoms with Gasteiger partial charge in [0, 0.05) is 30.5 Å². The molecular weight excluding hydrogens is 253 g/mol. The van der Waals surface area contributed by atoms with Gasteiger partial charge in [-0.25, -0.2) is 4.39 Å². The number of benzene rings is 1. The van der Waals surface area contributed by atoms with Gasteiger partial charge >= 0.3 is 0 Å². The summed E-state index contributed by atoms with van der Waals surface area (Å²) in [7, 11) is 1.94. The van der Waals surface area contributed by atoms with E-state index in [2.05, 4.69) is 17.3 Å². The summed E-state index contributed by atoms with van der Waals surface area (Å²) in [4.78, 5) is 0. The van der Waals surface area contributed by atoms with Crippen molar-refractivity contribution in [1.82, 2.24) is 15.1 Å². The third-order valence-corrected chi connectivity index (χ3v) is 3.53. The van der Waals surface area contributed by atoms with Crippen molar-refractivity contribution >= 4 is 0 Å². The van der Waals surface area contributed by atoms with E-state index in [1.54, 1.807) is 12.3 Å². The van der Waals surface area contributed by atoms with Gasteiger partial charge in [0.1, 0.15) is 5.82 Å². The van der Waals surface area contributed by atoms with Gasteiger partial charge in [-0.15, -0.1) is 0 Å². The van der Waals surface area contributed by atoms with E-state index in [1.807, 2.05) is 29.9 Å². The number of hydrogen-bond donors (Lipinski definition) is 1. The minimum atomic E-state index is -0.133. The summed E-state index contributed by atoms with van der Waals surface area (Å²) in [6.45, 7) is 3.01. The lowest BCUT2D eigenvalue weighted by atomic mass is 10.00. The van der Waals surface area contributed by atoms with Crippen LogP contribution in [0, 0.1) is 5.82 Å². The quantitative estimate of drug-likeness (QED) is 0.840. The lowest BCUT2D eigenvalue weighted by Gasteiger charge is -2.19. The van der Waals surface area contributed by atoms with Crippen LogP contribution in [0.5, 0.6) is 0 Å². The van der Waals surface area contributed by atoms with Crippen molar-refractivity contribution in [3.8, 4) is 0 Å². The average Bonchev–Trinajstić information content (AvgIpc) is 2.86. The summed E-state index contributed by atoms with van der Waals surface area (Å²) in [5.74, 6) is -0.133. The summed E-state index contributed by atoms with van der Waals surface area (Å²) in [5.41, 5.74) is 1.92. The maximum absolute atomic E-state index is 14.0. The number of aromatic nitrogens is 2. The predicted molar refractivity (Wildman–Crippen MR) is 79.0 cm³/mol. The monoisotopic (exact) mass is 275 g/mol. The van der Waals surface area contributed by atoms with Crippen LogP contribution < -0.4 is 5.32 Å². The van der Waals surface area contributed by atoms with Crippen molar-refractivity contribution in [2.45, 2.75) is 32.2 Å². The molecule has 0 spiro atoms. The number of nitrogens with zero attached hydrogens (tertiary/aromatic N) is 2. The minimum absolute atomic E-state index is 0.0473. The zero-order chi connectivity index (χ0) is 14.4. The van der Waals surface area contributed by atoms with Crippen LogP contribution in [0.15, 0.2) is 36.5 Å². The molecule has 2 aromatic rings. The van der Waals surface area contributed by atoms with Crippen LogP contribution in [0.4, 0.5) is 4.39 Å². The van der Waals surface area contributed by atoms with E-state index in [-0.39, 0.29) is 11.9 Å². The predicted octanol–water partition coefficient (Wildman–Crippen LogP) is 3.23. The summed E-state index contributed by atoms with van der Waals surface area (Å²) in [5, 5.41) is 7.61. The van der Waals surface area contributed by atoms with Gasteiger partial charge in [0.25, 0.3) is 0 Å². The number of aryl methyl sites for hydroxylation is 2. The first-order valence-electron chi connectivity index (χ1n) is 7.17. The molecule has 4 heteroatoms. The molecule has 0 saturated heterocycles. The standard InChI is InChI=1S/C16H22FN3/c1-3-11-18-16(14-6-4-5-7-15(14)17)9-8-13-10-12-19-20(13)2/h4-7,10,12,16,18H,3,8-9,11H2,1-2H3. The van der Waals surface area contributed by atoms with Crippen LogP contribution >= 0.6 is 0 Å². The van der Waals surface area contributed by atoms with E-state index in [1.165, 1.54) is 11.8 Å². The first-order chi connectivity index (χ1) is 9.72. The van der Waals surface area contributed by atoms with Crippen molar-refractivity contribution < 1.29 is 4.39 Å². The zero-order valence-corrected chi connectivity index (χ0v) is 12.1. The van der Waals surface area contributed by atoms with Crippen molar-refractivity contribution in [3.05, 3.63) is 53.6 Å². The Kier molecular flexibility index (Phi) is 5.30. The Hall–Kier alpha value is -1.68. The average molecular weight is 275 g/mol. The molecule has 0 aliphatic carbocycles. The van der Waals surface area contributed by atoms with Gasteiger partial charge in [0.05, 0.1) is 0 Å². The van der Waals surface area contributed by atoms with E-state index < -0.39 is 0 Å². The summed E-state index contributed by atoms with van der Waals surface area (Å²) in [6, 6.07) is 9.08. The number of nitrogens with one attached hydrogen (secondary N) is 1. The molecule has 3 nitrogen and oxygen atoms in total. The first kappa shape index (κ1) is 14.7. The molecule has 0 amide bonds. The molecule has 1 unspecified atom stereocenters. The summed E-state index contributed by atoms with van der Waals surface area (Å²) in [6.07, 6.45) is 4.58. The molecule has 108 valence electrons. The Morgan fingerprint density at radius 2 is 2.10 bits per heavy atom. The van der Waals surface area contributed by atoms with Crippen LogP contribution in [0.2, 0.25) is 0 Å². The molecule has 1 atom stereocenters. The van der Waals surface area contributed by atoms with E-state index in [0.29, 0.717) is 0 Å². The lowest BCUT2D eigenvalue weighted by molar-refractivity contribution is 0.468. The Bertz CT molecular complexity index is 536. The lowest BCUT2D eigenvalue weighted by Crippen LogP contribution is -2.24. The molecular formula is C16H22FN3. The second-order valence-electron chi connectivity index (χ2n) is 5.01. The van der Waals surface area contributed by atoms with Gasteiger partial charge < -0.3 is 5.32 Å². The Labute approximate surface area is 119 Å². The molecule has 20 heavy (non-hydrogen) atoms. The zero-order valence-electron chi connectivity index (χ0n) is 12.1. The second kappa shape index (κ2) is 7.20. The van der Waals surface area contributed by atoms with E-state index >= 15 is 0 Å². The fourth-order valence-electron chi connectivity index (χ4n) is 2.38. The minimum Gasteiger partial charge on any atom is -0.310 e. The molecule has 0 radical (unpaired) electrons. The maximum atomic E-state index is 14.0. The van der Waals surface area contributed by atoms with Gasteiger partial charge in [0.2, 0.25) is 0 Å². The van der Waals surface area contributed by atoms with Crippen molar-refractivity contribution in [2.75, 3.05) is 6.54 Å². The molecule has 0 fully saturated rings. The highest BCUT2D eigenvalue weighted by Gasteiger charge is 2.15. The van der Waals surface area contributed by atoms with E-state index in [4.69, 9.17) is 0 Å². The van der Waals surface area contributed by atoms with Crippen molar-refractivity contribution in [3.63, 3.8) is 0 Å². The Morgan fingerprint density at radius 3 is 2.75 bits per heavy atom. The molecule has 1 N–H and O–H groups in total. The van der Waals surface area contributed by atoms with Crippen LogP contribution in [-0.2, 0) is 13.5 Å². The third-order valence-electron chi connectivity index (χ3n) is 3.53. The summed E-state index contributed by atoms with van der Waals surface area (Å²) < 4.78 is 15.8. The number of hydrogen-bond acceptors (Lipinski definition) is 2. The fraction of sp³-hybridized carbons (Fsp3) is 0.438. The van der Waals surface area contributed by atoms with Crippen LogP contribution in [-0.4, -0.2) is 16.3 Å². The molecule has 0 saturated carbocycles. The van der Waals surface area contributed by atoms with Gasteiger partial charge in [-0.3, -0.25) is 4.68 Å². The van der Waals surface area contributed by atoms with E-state index in [9.17, 15) is 4.39 Å². The van der Waals surface area contributed by atoms with E-state index in [0.717, 1.165) is 31.4 Å². The molecule has 1 aromatic heterocycles. The second-order valence-corrected chi connectivity index (χ2v) is 5.01. The van der Waals surface area contributed by atoms with Crippen LogP contribution in [0.1, 0.15) is 37.1 Å². The maximum Gasteiger partial charge on any atom is 0.127 e. The smallest absolute Gasteiger partial charge is 0.127 e. The molecule has 0 aliphatic heterocycles. The van der Waals surface area contributed by atoms with Crippen molar-refractivity contribution in [1.29, 1.82) is 0 Å². The first-order valence-corrected chi connectivity index (χ1v) is 7.17. The largest absolute Gasteiger partial charge is 0.310 e. The third kappa shape index (κ3) is 3.67. The van der Waals surface area contributed by atoms with Gasteiger partial charge in [-0.2, -0.15) is 5.10 Å². The SMILES string of the molecule is CCCNC(CCc1ccnn1C)c1ccccc1F. The van der Waals surface area contributed by atoms with Crippen LogP contribution in [0.3, 0.4) is 0 Å². The van der Waals surface area contributed by atoms with Gasteiger partial charge in [0.15, 0.2) is 0 Å². The summed E-state index contributed by atoms with van der Waals surface area (Å²) >= 11 is 0.